The maximum atomic E-state index is 12.9. The highest BCUT2D eigenvalue weighted by Gasteiger charge is 2.35. The van der Waals surface area contributed by atoms with E-state index in [1.54, 1.807) is 6.07 Å². The smallest absolute Gasteiger partial charge is 0.270 e. The van der Waals surface area contributed by atoms with E-state index in [2.05, 4.69) is 26.1 Å². The summed E-state index contributed by atoms with van der Waals surface area (Å²) in [4.78, 5) is 0. The molecule has 1 aromatic carbocycles. The molecular weight excluding hydrogens is 359 g/mol. The van der Waals surface area contributed by atoms with E-state index in [0.29, 0.717) is 11.5 Å². The third-order valence-corrected chi connectivity index (χ3v) is 4.04. The van der Waals surface area contributed by atoms with E-state index in [4.69, 9.17) is 11.6 Å². The van der Waals surface area contributed by atoms with Gasteiger partial charge in [-0.05, 0) is 42.6 Å². The molecule has 0 aliphatic heterocycles. The minimum atomic E-state index is -4.44. The van der Waals surface area contributed by atoms with Gasteiger partial charge in [-0.25, -0.2) is 0 Å². The topological polar surface area (TPSA) is 30.7 Å². The zero-order chi connectivity index (χ0) is 14.5. The summed E-state index contributed by atoms with van der Waals surface area (Å²) in [5.41, 5.74) is -0.432. The van der Waals surface area contributed by atoms with Gasteiger partial charge in [0.1, 0.15) is 5.82 Å². The van der Waals surface area contributed by atoms with Crippen molar-refractivity contribution in [2.75, 3.05) is 0 Å². The minimum absolute atomic E-state index is 0.00841. The highest BCUT2D eigenvalue weighted by atomic mass is 79.9. The number of hydrogen-bond acceptors (Lipinski definition) is 2. The molecule has 0 amide bonds. The number of rotatable bonds is 2. The Balaban J connectivity index is 2.13. The van der Waals surface area contributed by atoms with Gasteiger partial charge in [-0.15, -0.1) is 10.2 Å². The van der Waals surface area contributed by atoms with E-state index < -0.39 is 11.7 Å². The first-order valence-corrected chi connectivity index (χ1v) is 7.03. The van der Waals surface area contributed by atoms with Gasteiger partial charge in [-0.1, -0.05) is 15.9 Å². The van der Waals surface area contributed by atoms with Gasteiger partial charge < -0.3 is 0 Å². The van der Waals surface area contributed by atoms with Crippen LogP contribution in [0.3, 0.4) is 0 Å². The summed E-state index contributed by atoms with van der Waals surface area (Å²) in [7, 11) is 0. The van der Waals surface area contributed by atoms with Gasteiger partial charge in [0.2, 0.25) is 5.28 Å². The molecule has 20 heavy (non-hydrogen) atoms. The summed E-state index contributed by atoms with van der Waals surface area (Å²) in [6.45, 7) is 0. The van der Waals surface area contributed by atoms with E-state index >= 15 is 0 Å². The van der Waals surface area contributed by atoms with Crippen LogP contribution in [0.5, 0.6) is 0 Å². The molecule has 1 aromatic heterocycles. The van der Waals surface area contributed by atoms with Crippen LogP contribution in [0.15, 0.2) is 22.7 Å². The average molecular weight is 367 g/mol. The van der Waals surface area contributed by atoms with Crippen LogP contribution >= 0.6 is 27.5 Å². The molecule has 2 aromatic rings. The van der Waals surface area contributed by atoms with Gasteiger partial charge in [0.15, 0.2) is 0 Å². The van der Waals surface area contributed by atoms with Crippen LogP contribution in [0.2, 0.25) is 5.28 Å². The Bertz CT molecular complexity index is 664. The third kappa shape index (κ3) is 2.44. The van der Waals surface area contributed by atoms with E-state index in [1.165, 1.54) is 10.6 Å². The molecular formula is C12H8BrClF3N3. The zero-order valence-corrected chi connectivity index (χ0v) is 12.3. The molecule has 0 spiro atoms. The van der Waals surface area contributed by atoms with Crippen molar-refractivity contribution >= 4 is 27.5 Å². The van der Waals surface area contributed by atoms with E-state index in [1.807, 2.05) is 0 Å². The predicted octanol–water partition coefficient (Wildman–Crippen LogP) is 4.58. The highest BCUT2D eigenvalue weighted by molar-refractivity contribution is 9.10. The minimum Gasteiger partial charge on any atom is -0.270 e. The zero-order valence-electron chi connectivity index (χ0n) is 9.96. The van der Waals surface area contributed by atoms with Gasteiger partial charge in [-0.3, -0.25) is 4.57 Å². The Morgan fingerprint density at radius 3 is 2.55 bits per heavy atom. The summed E-state index contributed by atoms with van der Waals surface area (Å²) < 4.78 is 40.3. The van der Waals surface area contributed by atoms with Crippen molar-refractivity contribution in [3.8, 4) is 5.69 Å². The Hall–Kier alpha value is -1.08. The number of hydrogen-bond donors (Lipinski definition) is 0. The van der Waals surface area contributed by atoms with Crippen LogP contribution in [-0.4, -0.2) is 14.8 Å². The van der Waals surface area contributed by atoms with Crippen molar-refractivity contribution in [2.45, 2.75) is 24.9 Å². The lowest BCUT2D eigenvalue weighted by Crippen LogP contribution is -2.08. The molecule has 0 bridgehead atoms. The second kappa shape index (κ2) is 4.73. The summed E-state index contributed by atoms with van der Waals surface area (Å²) in [5.74, 6) is 0.846. The summed E-state index contributed by atoms with van der Waals surface area (Å²) in [6.07, 6.45) is -2.52. The fraction of sp³-hybridized carbons (Fsp3) is 0.333. The lowest BCUT2D eigenvalue weighted by atomic mass is 10.2. The molecule has 1 aliphatic rings. The number of aromatic nitrogens is 3. The normalized spacial score (nSPS) is 15.7. The summed E-state index contributed by atoms with van der Waals surface area (Å²) in [5, 5.41) is 7.78. The quantitative estimate of drug-likeness (QED) is 0.779. The largest absolute Gasteiger partial charge is 0.417 e. The van der Waals surface area contributed by atoms with Crippen LogP contribution in [0.25, 0.3) is 5.69 Å². The van der Waals surface area contributed by atoms with Gasteiger partial charge in [-0.2, -0.15) is 13.2 Å². The lowest BCUT2D eigenvalue weighted by molar-refractivity contribution is -0.138. The SMILES string of the molecule is FC(F)(F)c1cc(-n2c(Cl)nnc2C2CC2)ccc1Br. The van der Waals surface area contributed by atoms with Crippen molar-refractivity contribution in [3.05, 3.63) is 39.3 Å². The first-order chi connectivity index (χ1) is 9.38. The van der Waals surface area contributed by atoms with Crippen LogP contribution < -0.4 is 0 Å². The second-order valence-electron chi connectivity index (χ2n) is 4.60. The first kappa shape index (κ1) is 13.9. The van der Waals surface area contributed by atoms with Crippen molar-refractivity contribution < 1.29 is 13.2 Å². The maximum absolute atomic E-state index is 12.9. The monoisotopic (exact) mass is 365 g/mol. The molecule has 0 saturated heterocycles. The second-order valence-corrected chi connectivity index (χ2v) is 5.79. The van der Waals surface area contributed by atoms with Crippen LogP contribution in [0.1, 0.15) is 30.1 Å². The van der Waals surface area contributed by atoms with Crippen LogP contribution in [0.4, 0.5) is 13.2 Å². The molecule has 0 unspecified atom stereocenters. The van der Waals surface area contributed by atoms with Crippen molar-refractivity contribution in [2.24, 2.45) is 0 Å². The third-order valence-electron chi connectivity index (χ3n) is 3.10. The van der Waals surface area contributed by atoms with Crippen LogP contribution in [0, 0.1) is 0 Å². The van der Waals surface area contributed by atoms with Crippen molar-refractivity contribution in [3.63, 3.8) is 0 Å². The van der Waals surface area contributed by atoms with Crippen molar-refractivity contribution in [1.29, 1.82) is 0 Å². The van der Waals surface area contributed by atoms with Gasteiger partial charge in [0.25, 0.3) is 0 Å². The molecule has 1 saturated carbocycles. The molecule has 8 heteroatoms. The molecule has 1 aliphatic carbocycles. The Kier molecular flexibility index (Phi) is 3.29. The Labute approximate surface area is 125 Å². The van der Waals surface area contributed by atoms with Crippen molar-refractivity contribution in [1.82, 2.24) is 14.8 Å². The van der Waals surface area contributed by atoms with Crippen LogP contribution in [-0.2, 0) is 6.18 Å². The molecule has 1 fully saturated rings. The molecule has 0 N–H and O–H groups in total. The van der Waals surface area contributed by atoms with E-state index in [0.717, 1.165) is 18.9 Å². The molecule has 0 radical (unpaired) electrons. The lowest BCUT2D eigenvalue weighted by Gasteiger charge is -2.13. The standard InChI is InChI=1S/C12H8BrClF3N3/c13-9-4-3-7(5-8(9)12(15,16)17)20-10(6-1-2-6)18-19-11(20)14/h3-6H,1-2H2. The summed E-state index contributed by atoms with van der Waals surface area (Å²) >= 11 is 8.87. The first-order valence-electron chi connectivity index (χ1n) is 5.86. The molecule has 106 valence electrons. The predicted molar refractivity (Wildman–Crippen MR) is 71.0 cm³/mol. The van der Waals surface area contributed by atoms with E-state index in [-0.39, 0.29) is 15.7 Å². The Morgan fingerprint density at radius 1 is 1.25 bits per heavy atom. The number of benzene rings is 1. The molecule has 3 nitrogen and oxygen atoms in total. The van der Waals surface area contributed by atoms with Gasteiger partial charge in [0, 0.05) is 10.4 Å². The summed E-state index contributed by atoms with van der Waals surface area (Å²) in [6, 6.07) is 3.96. The fourth-order valence-electron chi connectivity index (χ4n) is 1.99. The number of halogens is 5. The maximum Gasteiger partial charge on any atom is 0.417 e. The van der Waals surface area contributed by atoms with Gasteiger partial charge >= 0.3 is 6.18 Å². The highest BCUT2D eigenvalue weighted by Crippen LogP contribution is 2.42. The number of alkyl halides is 3. The molecule has 3 rings (SSSR count). The molecule has 0 atom stereocenters. The number of nitrogens with zero attached hydrogens (tertiary/aromatic N) is 3. The van der Waals surface area contributed by atoms with E-state index in [9.17, 15) is 13.2 Å². The Morgan fingerprint density at radius 2 is 1.95 bits per heavy atom. The fourth-order valence-corrected chi connectivity index (χ4v) is 2.68. The average Bonchev–Trinajstić information content (AvgIpc) is 3.13. The van der Waals surface area contributed by atoms with Gasteiger partial charge in [0.05, 0.1) is 11.3 Å². The molecule has 1 heterocycles.